The third-order valence-electron chi connectivity index (χ3n) is 2.46. The van der Waals surface area contributed by atoms with Gasteiger partial charge in [-0.2, -0.15) is 5.10 Å². The van der Waals surface area contributed by atoms with Gasteiger partial charge in [0.05, 0.1) is 30.3 Å². The van der Waals surface area contributed by atoms with Gasteiger partial charge in [-0.3, -0.25) is 9.67 Å². The summed E-state index contributed by atoms with van der Waals surface area (Å²) in [6, 6.07) is 4.26. The van der Waals surface area contributed by atoms with Crippen LogP contribution in [0.15, 0.2) is 36.9 Å². The number of anilines is 2. The number of aromatic nitrogens is 3. The molecule has 2 rings (SSSR count). The first kappa shape index (κ1) is 11.4. The SMILES string of the molecule is CNc1cncc(NC(C)Cn2cccn2)c1. The molecule has 1 atom stereocenters. The van der Waals surface area contributed by atoms with E-state index in [1.54, 1.807) is 12.4 Å². The number of rotatable bonds is 5. The summed E-state index contributed by atoms with van der Waals surface area (Å²) < 4.78 is 1.91. The molecule has 1 unspecified atom stereocenters. The third kappa shape index (κ3) is 3.21. The summed E-state index contributed by atoms with van der Waals surface area (Å²) in [6.07, 6.45) is 7.36. The Labute approximate surface area is 101 Å². The molecule has 5 nitrogen and oxygen atoms in total. The maximum Gasteiger partial charge on any atom is 0.0608 e. The van der Waals surface area contributed by atoms with Crippen LogP contribution in [0.2, 0.25) is 0 Å². The van der Waals surface area contributed by atoms with Crippen molar-refractivity contribution in [1.29, 1.82) is 0 Å². The van der Waals surface area contributed by atoms with Crippen LogP contribution in [0.25, 0.3) is 0 Å². The van der Waals surface area contributed by atoms with Crippen molar-refractivity contribution in [3.63, 3.8) is 0 Å². The van der Waals surface area contributed by atoms with Crippen LogP contribution >= 0.6 is 0 Å². The normalized spacial score (nSPS) is 12.1. The molecule has 5 heteroatoms. The molecule has 0 amide bonds. The lowest BCUT2D eigenvalue weighted by atomic mass is 10.3. The molecule has 0 spiro atoms. The van der Waals surface area contributed by atoms with Crippen molar-refractivity contribution >= 4 is 11.4 Å². The van der Waals surface area contributed by atoms with Gasteiger partial charge >= 0.3 is 0 Å². The molecule has 0 aliphatic carbocycles. The molecule has 0 aliphatic rings. The first-order chi connectivity index (χ1) is 8.28. The van der Waals surface area contributed by atoms with E-state index < -0.39 is 0 Å². The largest absolute Gasteiger partial charge is 0.387 e. The fourth-order valence-electron chi connectivity index (χ4n) is 1.67. The van der Waals surface area contributed by atoms with Gasteiger partial charge in [0, 0.05) is 25.5 Å². The molecular weight excluding hydrogens is 214 g/mol. The summed E-state index contributed by atoms with van der Waals surface area (Å²) in [5.74, 6) is 0. The maximum absolute atomic E-state index is 4.18. The fourth-order valence-corrected chi connectivity index (χ4v) is 1.67. The number of hydrogen-bond donors (Lipinski definition) is 2. The molecule has 2 aromatic rings. The molecule has 2 aromatic heterocycles. The standard InChI is InChI=1S/C12H17N5/c1-10(9-17-5-3-4-15-17)16-12-6-11(13-2)7-14-8-12/h3-8,10,13,16H,9H2,1-2H3. The van der Waals surface area contributed by atoms with E-state index in [0.29, 0.717) is 6.04 Å². The molecule has 0 bridgehead atoms. The minimum atomic E-state index is 0.295. The first-order valence-corrected chi connectivity index (χ1v) is 5.64. The van der Waals surface area contributed by atoms with Crippen LogP contribution in [0.4, 0.5) is 11.4 Å². The highest BCUT2D eigenvalue weighted by molar-refractivity contribution is 5.53. The first-order valence-electron chi connectivity index (χ1n) is 5.64. The second-order valence-corrected chi connectivity index (χ2v) is 3.99. The topological polar surface area (TPSA) is 54.8 Å². The minimum Gasteiger partial charge on any atom is -0.387 e. The Kier molecular flexibility index (Phi) is 3.59. The Morgan fingerprint density at radius 1 is 1.35 bits per heavy atom. The van der Waals surface area contributed by atoms with Crippen LogP contribution in [0.3, 0.4) is 0 Å². The predicted octanol–water partition coefficient (Wildman–Crippen LogP) is 1.82. The van der Waals surface area contributed by atoms with Gasteiger partial charge in [-0.25, -0.2) is 0 Å². The quantitative estimate of drug-likeness (QED) is 0.824. The zero-order chi connectivity index (χ0) is 12.1. The highest BCUT2D eigenvalue weighted by Crippen LogP contribution is 2.13. The average molecular weight is 231 g/mol. The Bertz CT molecular complexity index is 452. The molecule has 0 aliphatic heterocycles. The van der Waals surface area contributed by atoms with Crippen LogP contribution in [0.5, 0.6) is 0 Å². The Morgan fingerprint density at radius 3 is 2.88 bits per heavy atom. The Morgan fingerprint density at radius 2 is 2.18 bits per heavy atom. The zero-order valence-electron chi connectivity index (χ0n) is 10.1. The van der Waals surface area contributed by atoms with E-state index >= 15 is 0 Å². The van der Waals surface area contributed by atoms with E-state index in [-0.39, 0.29) is 0 Å². The van der Waals surface area contributed by atoms with Gasteiger partial charge in [-0.05, 0) is 19.1 Å². The third-order valence-corrected chi connectivity index (χ3v) is 2.46. The summed E-state index contributed by atoms with van der Waals surface area (Å²) in [5.41, 5.74) is 2.01. The highest BCUT2D eigenvalue weighted by atomic mass is 15.3. The van der Waals surface area contributed by atoms with Gasteiger partial charge in [-0.1, -0.05) is 0 Å². The van der Waals surface area contributed by atoms with Crippen LogP contribution in [-0.4, -0.2) is 27.9 Å². The molecule has 0 aromatic carbocycles. The molecule has 0 saturated heterocycles. The van der Waals surface area contributed by atoms with Crippen LogP contribution in [0, 0.1) is 0 Å². The van der Waals surface area contributed by atoms with Crippen molar-refractivity contribution in [2.24, 2.45) is 0 Å². The van der Waals surface area contributed by atoms with E-state index in [1.165, 1.54) is 0 Å². The van der Waals surface area contributed by atoms with E-state index in [1.807, 2.05) is 36.3 Å². The maximum atomic E-state index is 4.18. The highest BCUT2D eigenvalue weighted by Gasteiger charge is 2.03. The lowest BCUT2D eigenvalue weighted by Gasteiger charge is -2.15. The van der Waals surface area contributed by atoms with Crippen LogP contribution in [0.1, 0.15) is 6.92 Å². The fraction of sp³-hybridized carbons (Fsp3) is 0.333. The molecule has 2 heterocycles. The van der Waals surface area contributed by atoms with Crippen molar-refractivity contribution in [3.8, 4) is 0 Å². The van der Waals surface area contributed by atoms with Crippen molar-refractivity contribution in [3.05, 3.63) is 36.9 Å². The van der Waals surface area contributed by atoms with Gasteiger partial charge in [0.1, 0.15) is 0 Å². The van der Waals surface area contributed by atoms with Crippen molar-refractivity contribution in [1.82, 2.24) is 14.8 Å². The van der Waals surface area contributed by atoms with Gasteiger partial charge in [-0.15, -0.1) is 0 Å². The monoisotopic (exact) mass is 231 g/mol. The van der Waals surface area contributed by atoms with Crippen LogP contribution in [-0.2, 0) is 6.54 Å². The molecular formula is C12H17N5. The molecule has 90 valence electrons. The van der Waals surface area contributed by atoms with Crippen molar-refractivity contribution in [2.75, 3.05) is 17.7 Å². The Balaban J connectivity index is 1.95. The second kappa shape index (κ2) is 5.34. The van der Waals surface area contributed by atoms with Gasteiger partial charge < -0.3 is 10.6 Å². The van der Waals surface area contributed by atoms with E-state index in [2.05, 4.69) is 27.6 Å². The molecule has 0 radical (unpaired) electrons. The lowest BCUT2D eigenvalue weighted by molar-refractivity contribution is 0.561. The average Bonchev–Trinajstić information content (AvgIpc) is 2.82. The summed E-state index contributed by atoms with van der Waals surface area (Å²) in [5, 5.41) is 10.6. The predicted molar refractivity (Wildman–Crippen MR) is 69.1 cm³/mol. The summed E-state index contributed by atoms with van der Waals surface area (Å²) in [6.45, 7) is 2.95. The van der Waals surface area contributed by atoms with Crippen molar-refractivity contribution < 1.29 is 0 Å². The van der Waals surface area contributed by atoms with E-state index in [4.69, 9.17) is 0 Å². The number of pyridine rings is 1. The van der Waals surface area contributed by atoms with E-state index in [9.17, 15) is 0 Å². The summed E-state index contributed by atoms with van der Waals surface area (Å²) in [7, 11) is 1.88. The number of hydrogen-bond acceptors (Lipinski definition) is 4. The molecule has 0 fully saturated rings. The zero-order valence-corrected chi connectivity index (χ0v) is 10.1. The molecule has 17 heavy (non-hydrogen) atoms. The lowest BCUT2D eigenvalue weighted by Crippen LogP contribution is -2.22. The van der Waals surface area contributed by atoms with Crippen LogP contribution < -0.4 is 10.6 Å². The van der Waals surface area contributed by atoms with Gasteiger partial charge in [0.2, 0.25) is 0 Å². The number of nitrogens with one attached hydrogen (secondary N) is 2. The summed E-state index contributed by atoms with van der Waals surface area (Å²) >= 11 is 0. The van der Waals surface area contributed by atoms with Crippen molar-refractivity contribution in [2.45, 2.75) is 19.5 Å². The number of nitrogens with zero attached hydrogens (tertiary/aromatic N) is 3. The Hall–Kier alpha value is -2.04. The molecule has 0 saturated carbocycles. The van der Waals surface area contributed by atoms with Gasteiger partial charge in [0.15, 0.2) is 0 Å². The second-order valence-electron chi connectivity index (χ2n) is 3.99. The smallest absolute Gasteiger partial charge is 0.0608 e. The molecule has 2 N–H and O–H groups in total. The van der Waals surface area contributed by atoms with E-state index in [0.717, 1.165) is 17.9 Å². The minimum absolute atomic E-state index is 0.295. The van der Waals surface area contributed by atoms with Gasteiger partial charge in [0.25, 0.3) is 0 Å². The summed E-state index contributed by atoms with van der Waals surface area (Å²) in [4.78, 5) is 4.16.